The van der Waals surface area contributed by atoms with E-state index in [2.05, 4.69) is 15.5 Å². The fourth-order valence-corrected chi connectivity index (χ4v) is 2.82. The summed E-state index contributed by atoms with van der Waals surface area (Å²) >= 11 is 7.20. The van der Waals surface area contributed by atoms with E-state index < -0.39 is 0 Å². The van der Waals surface area contributed by atoms with E-state index in [4.69, 9.17) is 16.0 Å². The van der Waals surface area contributed by atoms with Crippen molar-refractivity contribution in [3.05, 3.63) is 51.4 Å². The van der Waals surface area contributed by atoms with Crippen LogP contribution in [0, 0.1) is 13.8 Å². The molecule has 0 saturated carbocycles. The first-order valence-corrected chi connectivity index (χ1v) is 7.70. The minimum atomic E-state index is -0.289. The minimum absolute atomic E-state index is 0.0581. The fraction of sp³-hybridized carbons (Fsp3) is 0.133. The monoisotopic (exact) mass is 333 g/mol. The van der Waals surface area contributed by atoms with Crippen LogP contribution >= 0.6 is 22.9 Å². The Morgan fingerprint density at radius 3 is 2.68 bits per heavy atom. The van der Waals surface area contributed by atoms with Crippen LogP contribution in [0.1, 0.15) is 21.5 Å². The molecule has 0 atom stereocenters. The normalized spacial score (nSPS) is 10.7. The van der Waals surface area contributed by atoms with Crippen molar-refractivity contribution in [3.8, 4) is 10.8 Å². The topological polar surface area (TPSA) is 68.0 Å². The molecule has 7 heteroatoms. The van der Waals surface area contributed by atoms with E-state index in [0.29, 0.717) is 15.8 Å². The van der Waals surface area contributed by atoms with Crippen LogP contribution in [0.25, 0.3) is 10.8 Å². The Labute approximate surface area is 135 Å². The second-order valence-electron chi connectivity index (χ2n) is 4.77. The molecule has 0 aliphatic rings. The zero-order valence-electron chi connectivity index (χ0n) is 11.9. The van der Waals surface area contributed by atoms with Gasteiger partial charge in [0, 0.05) is 5.56 Å². The van der Waals surface area contributed by atoms with Gasteiger partial charge in [-0.1, -0.05) is 22.8 Å². The van der Waals surface area contributed by atoms with E-state index in [1.165, 1.54) is 11.3 Å². The SMILES string of the molecule is Cc1ccc(C(=O)Nc2nnc(-c3ccc(Cl)s3)o2)cc1C. The van der Waals surface area contributed by atoms with Gasteiger partial charge in [0.2, 0.25) is 0 Å². The molecule has 0 aliphatic carbocycles. The molecule has 3 rings (SSSR count). The molecule has 0 bridgehead atoms. The Morgan fingerprint density at radius 1 is 1.18 bits per heavy atom. The van der Waals surface area contributed by atoms with Crippen molar-refractivity contribution < 1.29 is 9.21 Å². The number of anilines is 1. The molecule has 0 radical (unpaired) electrons. The lowest BCUT2D eigenvalue weighted by Gasteiger charge is -2.04. The second-order valence-corrected chi connectivity index (χ2v) is 6.48. The number of nitrogens with one attached hydrogen (secondary N) is 1. The number of halogens is 1. The molecule has 2 aromatic heterocycles. The first-order valence-electron chi connectivity index (χ1n) is 6.51. The first-order chi connectivity index (χ1) is 10.5. The molecule has 1 N–H and O–H groups in total. The standard InChI is InChI=1S/C15H12ClN3O2S/c1-8-3-4-10(7-9(8)2)13(20)17-15-19-18-14(21-15)11-5-6-12(16)22-11/h3-7H,1-2H3,(H,17,19,20). The highest BCUT2D eigenvalue weighted by molar-refractivity contribution is 7.19. The van der Waals surface area contributed by atoms with Crippen LogP contribution in [0.2, 0.25) is 4.34 Å². The molecule has 2 heterocycles. The molecule has 0 saturated heterocycles. The van der Waals surface area contributed by atoms with Crippen LogP contribution in [0.4, 0.5) is 6.01 Å². The molecule has 22 heavy (non-hydrogen) atoms. The number of hydrogen-bond acceptors (Lipinski definition) is 5. The zero-order chi connectivity index (χ0) is 15.7. The maximum Gasteiger partial charge on any atom is 0.322 e. The Hall–Kier alpha value is -2.18. The summed E-state index contributed by atoms with van der Waals surface area (Å²) in [6.07, 6.45) is 0. The molecule has 0 spiro atoms. The highest BCUT2D eigenvalue weighted by atomic mass is 35.5. The molecule has 0 aliphatic heterocycles. The number of hydrogen-bond donors (Lipinski definition) is 1. The Kier molecular flexibility index (Phi) is 3.96. The summed E-state index contributed by atoms with van der Waals surface area (Å²) in [5.74, 6) is 0.0369. The van der Waals surface area contributed by atoms with E-state index in [1.54, 1.807) is 18.2 Å². The van der Waals surface area contributed by atoms with E-state index in [0.717, 1.165) is 16.0 Å². The van der Waals surface area contributed by atoms with E-state index in [1.807, 2.05) is 26.0 Å². The van der Waals surface area contributed by atoms with Gasteiger partial charge in [-0.05, 0) is 49.2 Å². The van der Waals surface area contributed by atoms with Crippen molar-refractivity contribution in [1.29, 1.82) is 0 Å². The average molecular weight is 334 g/mol. The first kappa shape index (κ1) is 14.7. The summed E-state index contributed by atoms with van der Waals surface area (Å²) in [5, 5.41) is 10.3. The van der Waals surface area contributed by atoms with Gasteiger partial charge in [-0.15, -0.1) is 16.4 Å². The zero-order valence-corrected chi connectivity index (χ0v) is 13.5. The molecular formula is C15H12ClN3O2S. The third-order valence-electron chi connectivity index (χ3n) is 3.20. The Bertz CT molecular complexity index is 841. The molecule has 112 valence electrons. The number of thiophene rings is 1. The molecule has 1 aromatic carbocycles. The summed E-state index contributed by atoms with van der Waals surface area (Å²) in [6, 6.07) is 9.07. The number of carbonyl (C=O) groups is 1. The van der Waals surface area contributed by atoms with Crippen molar-refractivity contribution in [2.75, 3.05) is 5.32 Å². The number of rotatable bonds is 3. The van der Waals surface area contributed by atoms with Crippen molar-refractivity contribution in [2.45, 2.75) is 13.8 Å². The Morgan fingerprint density at radius 2 is 2.00 bits per heavy atom. The highest BCUT2D eigenvalue weighted by Crippen LogP contribution is 2.30. The summed E-state index contributed by atoms with van der Waals surface area (Å²) in [5.41, 5.74) is 2.72. The molecule has 3 aromatic rings. The van der Waals surface area contributed by atoms with Crippen LogP contribution in [0.3, 0.4) is 0 Å². The number of aromatic nitrogens is 2. The van der Waals surface area contributed by atoms with E-state index in [9.17, 15) is 4.79 Å². The van der Waals surface area contributed by atoms with E-state index in [-0.39, 0.29) is 11.9 Å². The largest absolute Gasteiger partial charge is 0.402 e. The Balaban J connectivity index is 1.77. The minimum Gasteiger partial charge on any atom is -0.402 e. The molecule has 0 fully saturated rings. The average Bonchev–Trinajstić information content (AvgIpc) is 3.10. The fourth-order valence-electron chi connectivity index (χ4n) is 1.85. The van der Waals surface area contributed by atoms with Gasteiger partial charge in [0.05, 0.1) is 9.21 Å². The van der Waals surface area contributed by atoms with E-state index >= 15 is 0 Å². The molecular weight excluding hydrogens is 322 g/mol. The van der Waals surface area contributed by atoms with Crippen LogP contribution in [-0.2, 0) is 0 Å². The molecule has 5 nitrogen and oxygen atoms in total. The van der Waals surface area contributed by atoms with Gasteiger partial charge in [0.25, 0.3) is 11.8 Å². The second kappa shape index (κ2) is 5.90. The number of nitrogens with zero attached hydrogens (tertiary/aromatic N) is 2. The molecule has 1 amide bonds. The van der Waals surface area contributed by atoms with Gasteiger partial charge in [-0.3, -0.25) is 10.1 Å². The number of amides is 1. The lowest BCUT2D eigenvalue weighted by Crippen LogP contribution is -2.12. The number of aryl methyl sites for hydroxylation is 2. The van der Waals surface area contributed by atoms with Crippen LogP contribution in [-0.4, -0.2) is 16.1 Å². The highest BCUT2D eigenvalue weighted by Gasteiger charge is 2.14. The van der Waals surface area contributed by atoms with Crippen molar-refractivity contribution in [1.82, 2.24) is 10.2 Å². The smallest absolute Gasteiger partial charge is 0.322 e. The van der Waals surface area contributed by atoms with Gasteiger partial charge in [0.1, 0.15) is 0 Å². The number of carbonyl (C=O) groups excluding carboxylic acids is 1. The maximum atomic E-state index is 12.2. The van der Waals surface area contributed by atoms with Crippen LogP contribution in [0.15, 0.2) is 34.7 Å². The van der Waals surface area contributed by atoms with Gasteiger partial charge in [-0.2, -0.15) is 0 Å². The third-order valence-corrected chi connectivity index (χ3v) is 4.42. The summed E-state index contributed by atoms with van der Waals surface area (Å²) in [6.45, 7) is 3.95. The van der Waals surface area contributed by atoms with Crippen LogP contribution < -0.4 is 5.32 Å². The van der Waals surface area contributed by atoms with Crippen molar-refractivity contribution >= 4 is 34.9 Å². The van der Waals surface area contributed by atoms with Crippen molar-refractivity contribution in [2.24, 2.45) is 0 Å². The van der Waals surface area contributed by atoms with Gasteiger partial charge < -0.3 is 4.42 Å². The lowest BCUT2D eigenvalue weighted by molar-refractivity contribution is 0.102. The quantitative estimate of drug-likeness (QED) is 0.775. The van der Waals surface area contributed by atoms with Gasteiger partial charge >= 0.3 is 6.01 Å². The summed E-state index contributed by atoms with van der Waals surface area (Å²) in [7, 11) is 0. The summed E-state index contributed by atoms with van der Waals surface area (Å²) in [4.78, 5) is 12.9. The van der Waals surface area contributed by atoms with Crippen LogP contribution in [0.5, 0.6) is 0 Å². The predicted octanol–water partition coefficient (Wildman–Crippen LogP) is 4.32. The van der Waals surface area contributed by atoms with Crippen molar-refractivity contribution in [3.63, 3.8) is 0 Å². The maximum absolute atomic E-state index is 12.2. The van der Waals surface area contributed by atoms with Gasteiger partial charge in [-0.25, -0.2) is 0 Å². The van der Waals surface area contributed by atoms with Gasteiger partial charge in [0.15, 0.2) is 0 Å². The summed E-state index contributed by atoms with van der Waals surface area (Å²) < 4.78 is 6.06. The predicted molar refractivity (Wildman–Crippen MR) is 86.5 cm³/mol. The lowest BCUT2D eigenvalue weighted by atomic mass is 10.1. The third kappa shape index (κ3) is 3.03. The number of benzene rings is 1. The molecule has 0 unspecified atom stereocenters.